The summed E-state index contributed by atoms with van der Waals surface area (Å²) >= 11 is 0. The van der Waals surface area contributed by atoms with E-state index < -0.39 is 17.5 Å². The minimum atomic E-state index is -0.741. The summed E-state index contributed by atoms with van der Waals surface area (Å²) in [5, 5.41) is 12.1. The largest absolute Gasteiger partial charge is 0.487 e. The quantitative estimate of drug-likeness (QED) is 0.589. The zero-order valence-electron chi connectivity index (χ0n) is 18.3. The van der Waals surface area contributed by atoms with Crippen LogP contribution >= 0.6 is 0 Å². The molecular formula is C24H21F2N5O3. The second-order valence-corrected chi connectivity index (χ2v) is 7.59. The molecule has 8 nitrogen and oxygen atoms in total. The Bertz CT molecular complexity index is 1240. The number of carbonyl (C=O) groups excluding carboxylic acids is 1. The lowest BCUT2D eigenvalue weighted by molar-refractivity contribution is 0.102. The number of nitrogens with zero attached hydrogens (tertiary/aromatic N) is 4. The minimum absolute atomic E-state index is 0.0123. The summed E-state index contributed by atoms with van der Waals surface area (Å²) in [6.07, 6.45) is 3.95. The van der Waals surface area contributed by atoms with Crippen LogP contribution in [-0.2, 0) is 0 Å². The molecule has 1 amide bonds. The van der Waals surface area contributed by atoms with Crippen molar-refractivity contribution in [2.75, 3.05) is 30.4 Å². The highest BCUT2D eigenvalue weighted by Crippen LogP contribution is 2.31. The van der Waals surface area contributed by atoms with Crippen LogP contribution in [0.4, 0.5) is 20.2 Å². The number of halogens is 2. The molecule has 0 unspecified atom stereocenters. The van der Waals surface area contributed by atoms with Crippen LogP contribution in [0.1, 0.15) is 28.9 Å². The molecule has 10 heteroatoms. The molecule has 1 aliphatic rings. The maximum atomic E-state index is 13.9. The lowest BCUT2D eigenvalue weighted by atomic mass is 10.1. The van der Waals surface area contributed by atoms with Gasteiger partial charge in [-0.25, -0.2) is 18.7 Å². The number of carbonyl (C=O) groups is 1. The molecule has 1 N–H and O–H groups in total. The van der Waals surface area contributed by atoms with E-state index in [0.29, 0.717) is 37.3 Å². The van der Waals surface area contributed by atoms with Crippen LogP contribution in [0.3, 0.4) is 0 Å². The molecule has 34 heavy (non-hydrogen) atoms. The molecule has 0 bridgehead atoms. The number of hydrogen-bond acceptors (Lipinski definition) is 7. The van der Waals surface area contributed by atoms with Crippen molar-refractivity contribution < 1.29 is 23.0 Å². The van der Waals surface area contributed by atoms with Gasteiger partial charge in [0.05, 0.1) is 24.7 Å². The molecule has 174 valence electrons. The van der Waals surface area contributed by atoms with Crippen LogP contribution in [0.25, 0.3) is 0 Å². The first-order chi connectivity index (χ1) is 16.5. The van der Waals surface area contributed by atoms with Crippen LogP contribution < -0.4 is 19.7 Å². The fraction of sp³-hybridized carbons (Fsp3) is 0.250. The number of benzene rings is 1. The number of ether oxygens (including phenoxy) is 2. The number of nitrogens with one attached hydrogen (secondary N) is 1. The minimum Gasteiger partial charge on any atom is -0.487 e. The topological polar surface area (TPSA) is 100 Å². The zero-order chi connectivity index (χ0) is 24.1. The highest BCUT2D eigenvalue weighted by molar-refractivity contribution is 6.07. The first-order valence-electron chi connectivity index (χ1n) is 10.6. The number of piperidine rings is 1. The van der Waals surface area contributed by atoms with Gasteiger partial charge in [0.15, 0.2) is 11.6 Å². The predicted octanol–water partition coefficient (Wildman–Crippen LogP) is 3.94. The standard InChI is InChI=1S/C24H21F2N5O3/c1-33-24-18(3-2-8-28-24)23(32)30-20-12-16(13-27)29-14-21(20)31-9-6-17(7-10-31)34-22-5-4-15(25)11-19(22)26/h2-5,8,11-12,14,17H,6-7,9-10H2,1H3,(H,29,30,32). The first-order valence-corrected chi connectivity index (χ1v) is 10.6. The third-order valence-corrected chi connectivity index (χ3v) is 5.43. The van der Waals surface area contributed by atoms with Crippen molar-refractivity contribution in [1.82, 2.24) is 9.97 Å². The summed E-state index contributed by atoms with van der Waals surface area (Å²) in [6, 6.07) is 9.92. The molecule has 3 heterocycles. The third kappa shape index (κ3) is 5.04. The number of aromatic nitrogens is 2. The maximum absolute atomic E-state index is 13.9. The van der Waals surface area contributed by atoms with Crippen molar-refractivity contribution in [3.05, 3.63) is 71.7 Å². The fourth-order valence-electron chi connectivity index (χ4n) is 3.74. The molecule has 0 radical (unpaired) electrons. The normalized spacial score (nSPS) is 13.8. The molecule has 0 spiro atoms. The van der Waals surface area contributed by atoms with Gasteiger partial charge in [-0.15, -0.1) is 0 Å². The Labute approximate surface area is 194 Å². The average Bonchev–Trinajstić information content (AvgIpc) is 2.86. The number of hydrogen-bond donors (Lipinski definition) is 1. The van der Waals surface area contributed by atoms with Crippen molar-refractivity contribution in [1.29, 1.82) is 5.26 Å². The third-order valence-electron chi connectivity index (χ3n) is 5.43. The molecular weight excluding hydrogens is 444 g/mol. The van der Waals surface area contributed by atoms with Gasteiger partial charge in [0, 0.05) is 44.3 Å². The van der Waals surface area contributed by atoms with Gasteiger partial charge in [-0.2, -0.15) is 5.26 Å². The van der Waals surface area contributed by atoms with E-state index in [-0.39, 0.29) is 29.0 Å². The van der Waals surface area contributed by atoms with E-state index in [0.717, 1.165) is 12.1 Å². The van der Waals surface area contributed by atoms with E-state index in [1.807, 2.05) is 11.0 Å². The van der Waals surface area contributed by atoms with Crippen LogP contribution in [0.5, 0.6) is 11.6 Å². The highest BCUT2D eigenvalue weighted by atomic mass is 19.1. The van der Waals surface area contributed by atoms with Gasteiger partial charge in [0.2, 0.25) is 5.88 Å². The lowest BCUT2D eigenvalue weighted by Crippen LogP contribution is -2.39. The number of rotatable bonds is 6. The number of pyridine rings is 2. The van der Waals surface area contributed by atoms with Gasteiger partial charge < -0.3 is 19.7 Å². The van der Waals surface area contributed by atoms with Crippen LogP contribution in [-0.4, -0.2) is 42.2 Å². The van der Waals surface area contributed by atoms with E-state index in [1.54, 1.807) is 12.1 Å². The Morgan fingerprint density at radius 3 is 2.71 bits per heavy atom. The van der Waals surface area contributed by atoms with Gasteiger partial charge in [0.25, 0.3) is 5.91 Å². The van der Waals surface area contributed by atoms with Crippen LogP contribution in [0.15, 0.2) is 48.8 Å². The van der Waals surface area contributed by atoms with Crippen molar-refractivity contribution in [3.63, 3.8) is 0 Å². The number of nitriles is 1. The molecule has 0 atom stereocenters. The second kappa shape index (κ2) is 10.1. The van der Waals surface area contributed by atoms with E-state index in [1.165, 1.54) is 31.6 Å². The average molecular weight is 465 g/mol. The number of amides is 1. The molecule has 0 saturated carbocycles. The summed E-state index contributed by atoms with van der Waals surface area (Å²) in [5.74, 6) is -1.65. The number of methoxy groups -OCH3 is 1. The molecule has 1 fully saturated rings. The molecule has 2 aromatic heterocycles. The second-order valence-electron chi connectivity index (χ2n) is 7.59. The van der Waals surface area contributed by atoms with E-state index in [2.05, 4.69) is 15.3 Å². The lowest BCUT2D eigenvalue weighted by Gasteiger charge is -2.34. The highest BCUT2D eigenvalue weighted by Gasteiger charge is 2.25. The predicted molar refractivity (Wildman–Crippen MR) is 120 cm³/mol. The van der Waals surface area contributed by atoms with Crippen molar-refractivity contribution in [2.45, 2.75) is 18.9 Å². The Morgan fingerprint density at radius 1 is 1.21 bits per heavy atom. The van der Waals surface area contributed by atoms with Crippen LogP contribution in [0, 0.1) is 23.0 Å². The number of anilines is 2. The summed E-state index contributed by atoms with van der Waals surface area (Å²) in [6.45, 7) is 1.08. The molecule has 0 aliphatic carbocycles. The molecule has 3 aromatic rings. The Morgan fingerprint density at radius 2 is 2.00 bits per heavy atom. The smallest absolute Gasteiger partial charge is 0.261 e. The summed E-state index contributed by atoms with van der Waals surface area (Å²) < 4.78 is 37.9. The molecule has 4 rings (SSSR count). The first kappa shape index (κ1) is 22.9. The summed E-state index contributed by atoms with van der Waals surface area (Å²) in [5.41, 5.74) is 1.47. The zero-order valence-corrected chi connectivity index (χ0v) is 18.3. The maximum Gasteiger partial charge on any atom is 0.261 e. The van der Waals surface area contributed by atoms with E-state index in [9.17, 15) is 18.8 Å². The van der Waals surface area contributed by atoms with Gasteiger partial charge in [0.1, 0.15) is 29.2 Å². The van der Waals surface area contributed by atoms with Gasteiger partial charge in [-0.1, -0.05) is 0 Å². The fourth-order valence-corrected chi connectivity index (χ4v) is 3.74. The molecule has 1 aliphatic heterocycles. The van der Waals surface area contributed by atoms with Crippen molar-refractivity contribution in [2.24, 2.45) is 0 Å². The van der Waals surface area contributed by atoms with Crippen molar-refractivity contribution >= 4 is 17.3 Å². The van der Waals surface area contributed by atoms with Gasteiger partial charge >= 0.3 is 0 Å². The molecule has 1 aromatic carbocycles. The Kier molecular flexibility index (Phi) is 6.82. The van der Waals surface area contributed by atoms with Gasteiger partial charge in [-0.05, 0) is 24.3 Å². The molecule has 1 saturated heterocycles. The SMILES string of the molecule is COc1ncccc1C(=O)Nc1cc(C#N)ncc1N1CCC(Oc2ccc(F)cc2F)CC1. The van der Waals surface area contributed by atoms with E-state index >= 15 is 0 Å². The Hall–Kier alpha value is -4.26. The summed E-state index contributed by atoms with van der Waals surface area (Å²) in [4.78, 5) is 23.1. The van der Waals surface area contributed by atoms with Crippen molar-refractivity contribution in [3.8, 4) is 17.7 Å². The van der Waals surface area contributed by atoms with Crippen LogP contribution in [0.2, 0.25) is 0 Å². The van der Waals surface area contributed by atoms with E-state index in [4.69, 9.17) is 9.47 Å². The Balaban J connectivity index is 1.49. The monoisotopic (exact) mass is 465 g/mol. The summed E-state index contributed by atoms with van der Waals surface area (Å²) in [7, 11) is 1.43. The van der Waals surface area contributed by atoms with Gasteiger partial charge in [-0.3, -0.25) is 4.79 Å².